The van der Waals surface area contributed by atoms with Crippen molar-refractivity contribution in [2.75, 3.05) is 11.9 Å². The van der Waals surface area contributed by atoms with E-state index < -0.39 is 0 Å². The van der Waals surface area contributed by atoms with Crippen molar-refractivity contribution in [2.24, 2.45) is 11.8 Å². The first-order valence-corrected chi connectivity index (χ1v) is 9.67. The topological polar surface area (TPSA) is 49.4 Å². The van der Waals surface area contributed by atoms with Gasteiger partial charge in [-0.2, -0.15) is 0 Å². The molecule has 2 heterocycles. The molecule has 1 aliphatic heterocycles. The van der Waals surface area contributed by atoms with Gasteiger partial charge in [0.25, 0.3) is 5.91 Å². The molecule has 0 radical (unpaired) electrons. The zero-order valence-electron chi connectivity index (χ0n) is 14.5. The molecule has 1 aliphatic carbocycles. The molecule has 25 heavy (non-hydrogen) atoms. The third kappa shape index (κ3) is 3.09. The van der Waals surface area contributed by atoms with Crippen LogP contribution in [0.3, 0.4) is 0 Å². The molecular weight excluding hydrogens is 332 g/mol. The van der Waals surface area contributed by atoms with Crippen LogP contribution < -0.4 is 5.32 Å². The van der Waals surface area contributed by atoms with Crippen molar-refractivity contribution in [3.8, 4) is 0 Å². The molecular formula is C20H22N2O2S. The summed E-state index contributed by atoms with van der Waals surface area (Å²) in [7, 11) is 0. The molecule has 130 valence electrons. The predicted octanol–water partition coefficient (Wildman–Crippen LogP) is 3.85. The van der Waals surface area contributed by atoms with Crippen LogP contribution in [0.25, 0.3) is 0 Å². The molecule has 1 aromatic heterocycles. The van der Waals surface area contributed by atoms with Gasteiger partial charge in [0.2, 0.25) is 5.91 Å². The van der Waals surface area contributed by atoms with Gasteiger partial charge in [0.15, 0.2) is 0 Å². The molecule has 1 fully saturated rings. The summed E-state index contributed by atoms with van der Waals surface area (Å²) >= 11 is 1.77. The largest absolute Gasteiger partial charge is 0.334 e. The maximum absolute atomic E-state index is 13.0. The summed E-state index contributed by atoms with van der Waals surface area (Å²) < 4.78 is 0. The van der Waals surface area contributed by atoms with Gasteiger partial charge in [-0.15, -0.1) is 11.3 Å². The number of hydrogen-bond donors (Lipinski definition) is 1. The number of carbonyl (C=O) groups excluding carboxylic acids is 2. The van der Waals surface area contributed by atoms with Crippen molar-refractivity contribution in [3.63, 3.8) is 0 Å². The van der Waals surface area contributed by atoms with Crippen molar-refractivity contribution >= 4 is 28.8 Å². The number of nitrogens with zero attached hydrogens (tertiary/aromatic N) is 1. The minimum absolute atomic E-state index is 0.0465. The molecule has 4 nitrogen and oxygen atoms in total. The highest BCUT2D eigenvalue weighted by Crippen LogP contribution is 2.38. The summed E-state index contributed by atoms with van der Waals surface area (Å²) in [5.41, 5.74) is 3.54. The van der Waals surface area contributed by atoms with Gasteiger partial charge in [0.1, 0.15) is 0 Å². The molecule has 5 heteroatoms. The van der Waals surface area contributed by atoms with Gasteiger partial charge in [-0.1, -0.05) is 13.0 Å². The fourth-order valence-corrected chi connectivity index (χ4v) is 4.40. The van der Waals surface area contributed by atoms with Gasteiger partial charge < -0.3 is 10.2 Å². The second kappa shape index (κ2) is 6.30. The third-order valence-electron chi connectivity index (χ3n) is 5.36. The molecule has 0 bridgehead atoms. The number of carbonyl (C=O) groups is 2. The third-order valence-corrected chi connectivity index (χ3v) is 6.39. The molecule has 4 rings (SSSR count). The molecule has 2 unspecified atom stereocenters. The van der Waals surface area contributed by atoms with Gasteiger partial charge in [-0.05, 0) is 60.4 Å². The molecule has 2 aromatic rings. The van der Waals surface area contributed by atoms with Crippen LogP contribution >= 0.6 is 11.3 Å². The summed E-state index contributed by atoms with van der Waals surface area (Å²) in [6, 6.07) is 7.70. The second-order valence-electron chi connectivity index (χ2n) is 7.13. The highest BCUT2D eigenvalue weighted by atomic mass is 32.1. The number of fused-ring (bicyclic) bond motifs is 1. The molecule has 2 atom stereocenters. The van der Waals surface area contributed by atoms with Gasteiger partial charge in [0, 0.05) is 35.1 Å². The van der Waals surface area contributed by atoms with E-state index in [1.165, 1.54) is 10.4 Å². The second-order valence-corrected chi connectivity index (χ2v) is 8.13. The molecule has 0 saturated heterocycles. The van der Waals surface area contributed by atoms with Crippen molar-refractivity contribution in [2.45, 2.75) is 33.2 Å². The lowest BCUT2D eigenvalue weighted by molar-refractivity contribution is -0.117. The summed E-state index contributed by atoms with van der Waals surface area (Å²) in [6.45, 7) is 5.43. The number of anilines is 1. The van der Waals surface area contributed by atoms with E-state index in [0.29, 0.717) is 18.0 Å². The molecule has 2 aliphatic rings. The highest BCUT2D eigenvalue weighted by molar-refractivity contribution is 7.10. The fourth-order valence-electron chi connectivity index (χ4n) is 3.51. The number of benzene rings is 1. The monoisotopic (exact) mass is 354 g/mol. The van der Waals surface area contributed by atoms with E-state index in [1.807, 2.05) is 30.0 Å². The zero-order valence-corrected chi connectivity index (χ0v) is 15.4. The zero-order chi connectivity index (χ0) is 17.6. The standard InChI is InChI=1S/C20H22N2O2S/c1-12-10-16(12)19(23)21-17-5-3-4-15(13(17)2)20(24)22-8-6-18-14(11-22)7-9-25-18/h3-5,7,9,12,16H,6,8,10-11H2,1-2H3,(H,21,23). The fraction of sp³-hybridized carbons (Fsp3) is 0.400. The Kier molecular flexibility index (Phi) is 4.12. The van der Waals surface area contributed by atoms with Gasteiger partial charge in [0.05, 0.1) is 0 Å². The quantitative estimate of drug-likeness (QED) is 0.910. The summed E-state index contributed by atoms with van der Waals surface area (Å²) in [5.74, 6) is 0.711. The lowest BCUT2D eigenvalue weighted by atomic mass is 10.0. The number of amides is 2. The summed E-state index contributed by atoms with van der Waals surface area (Å²) in [6.07, 6.45) is 1.88. The Morgan fingerprint density at radius 3 is 2.84 bits per heavy atom. The Morgan fingerprint density at radius 1 is 1.28 bits per heavy atom. The molecule has 0 spiro atoms. The van der Waals surface area contributed by atoms with Crippen LogP contribution in [0, 0.1) is 18.8 Å². The average molecular weight is 354 g/mol. The first-order valence-electron chi connectivity index (χ1n) is 8.79. The maximum atomic E-state index is 13.0. The first kappa shape index (κ1) is 16.3. The summed E-state index contributed by atoms with van der Waals surface area (Å²) in [4.78, 5) is 28.5. The smallest absolute Gasteiger partial charge is 0.254 e. The Balaban J connectivity index is 1.53. The van der Waals surface area contributed by atoms with Gasteiger partial charge in [-0.3, -0.25) is 9.59 Å². The van der Waals surface area contributed by atoms with Crippen LogP contribution in [-0.4, -0.2) is 23.3 Å². The highest BCUT2D eigenvalue weighted by Gasteiger charge is 2.39. The van der Waals surface area contributed by atoms with E-state index in [-0.39, 0.29) is 17.7 Å². The maximum Gasteiger partial charge on any atom is 0.254 e. The van der Waals surface area contributed by atoms with E-state index in [1.54, 1.807) is 11.3 Å². The van der Waals surface area contributed by atoms with E-state index in [0.717, 1.165) is 30.6 Å². The predicted molar refractivity (Wildman–Crippen MR) is 99.8 cm³/mol. The van der Waals surface area contributed by atoms with Crippen LogP contribution in [0.5, 0.6) is 0 Å². The Hall–Kier alpha value is -2.14. The lowest BCUT2D eigenvalue weighted by Gasteiger charge is -2.28. The average Bonchev–Trinajstić information content (AvgIpc) is 3.16. The molecule has 1 saturated carbocycles. The SMILES string of the molecule is Cc1c(NC(=O)C2CC2C)cccc1C(=O)N1CCc2sccc2C1. The van der Waals surface area contributed by atoms with Crippen LogP contribution in [-0.2, 0) is 17.8 Å². The van der Waals surface area contributed by atoms with Crippen LogP contribution in [0.15, 0.2) is 29.6 Å². The number of nitrogens with one attached hydrogen (secondary N) is 1. The lowest BCUT2D eigenvalue weighted by Crippen LogP contribution is -2.35. The minimum atomic E-state index is 0.0465. The minimum Gasteiger partial charge on any atom is -0.334 e. The van der Waals surface area contributed by atoms with Crippen LogP contribution in [0.4, 0.5) is 5.69 Å². The molecule has 1 N–H and O–H groups in total. The molecule has 2 amide bonds. The van der Waals surface area contributed by atoms with E-state index >= 15 is 0 Å². The summed E-state index contributed by atoms with van der Waals surface area (Å²) in [5, 5.41) is 5.10. The van der Waals surface area contributed by atoms with Gasteiger partial charge >= 0.3 is 0 Å². The number of thiophene rings is 1. The first-order chi connectivity index (χ1) is 12.0. The Morgan fingerprint density at radius 2 is 2.08 bits per heavy atom. The Bertz CT molecular complexity index is 842. The molecule has 1 aromatic carbocycles. The normalized spacial score (nSPS) is 21.6. The van der Waals surface area contributed by atoms with Crippen molar-refractivity contribution in [1.82, 2.24) is 4.90 Å². The Labute approximate surface area is 151 Å². The number of rotatable bonds is 3. The van der Waals surface area contributed by atoms with E-state index in [2.05, 4.69) is 23.7 Å². The van der Waals surface area contributed by atoms with Crippen LogP contribution in [0.1, 0.15) is 39.7 Å². The number of hydrogen-bond acceptors (Lipinski definition) is 3. The van der Waals surface area contributed by atoms with Gasteiger partial charge in [-0.25, -0.2) is 0 Å². The van der Waals surface area contributed by atoms with E-state index in [4.69, 9.17) is 0 Å². The van der Waals surface area contributed by atoms with Crippen molar-refractivity contribution in [3.05, 3.63) is 51.2 Å². The van der Waals surface area contributed by atoms with Crippen molar-refractivity contribution < 1.29 is 9.59 Å². The van der Waals surface area contributed by atoms with Crippen molar-refractivity contribution in [1.29, 1.82) is 0 Å². The van der Waals surface area contributed by atoms with Crippen LogP contribution in [0.2, 0.25) is 0 Å². The van der Waals surface area contributed by atoms with E-state index in [9.17, 15) is 9.59 Å².